The van der Waals surface area contributed by atoms with Gasteiger partial charge in [0, 0.05) is 16.2 Å². The van der Waals surface area contributed by atoms with E-state index < -0.39 is 0 Å². The van der Waals surface area contributed by atoms with Crippen molar-refractivity contribution in [1.82, 2.24) is 0 Å². The molecule has 12 heavy (non-hydrogen) atoms. The highest BCUT2D eigenvalue weighted by Crippen LogP contribution is 2.23. The minimum atomic E-state index is -0.313. The van der Waals surface area contributed by atoms with Gasteiger partial charge in [0.15, 0.2) is 5.06 Å². The molecule has 0 saturated heterocycles. The van der Waals surface area contributed by atoms with Crippen molar-refractivity contribution in [2.45, 2.75) is 6.42 Å². The summed E-state index contributed by atoms with van der Waals surface area (Å²) in [5.41, 5.74) is 0. The van der Waals surface area contributed by atoms with Gasteiger partial charge in [0.1, 0.15) is 0 Å². The molecular weight excluding hydrogens is 178 g/mol. The molecule has 0 amide bonds. The molecule has 0 fully saturated rings. The molecular formula is C7H9NO3S. The Morgan fingerprint density at radius 3 is 2.92 bits per heavy atom. The van der Waals surface area contributed by atoms with Crippen molar-refractivity contribution in [3.63, 3.8) is 0 Å². The Kier molecular flexibility index (Phi) is 3.04. The average molecular weight is 187 g/mol. The number of thiophene rings is 1. The van der Waals surface area contributed by atoms with E-state index in [1.54, 1.807) is 7.11 Å². The van der Waals surface area contributed by atoms with Crippen LogP contribution in [0.5, 0.6) is 5.06 Å². The SMILES string of the molecule is COc1ccc(CC[N+](=O)[O-])s1. The molecule has 66 valence electrons. The van der Waals surface area contributed by atoms with Crippen molar-refractivity contribution >= 4 is 11.3 Å². The molecule has 0 aliphatic rings. The van der Waals surface area contributed by atoms with Crippen molar-refractivity contribution in [2.75, 3.05) is 13.7 Å². The summed E-state index contributed by atoms with van der Waals surface area (Å²) in [6.07, 6.45) is 0.487. The Labute approximate surface area is 73.9 Å². The molecule has 0 N–H and O–H groups in total. The molecule has 1 aromatic heterocycles. The highest BCUT2D eigenvalue weighted by atomic mass is 32.1. The molecule has 1 aromatic rings. The van der Waals surface area contributed by atoms with Crippen LogP contribution in [0.1, 0.15) is 4.88 Å². The van der Waals surface area contributed by atoms with Crippen LogP contribution in [0.2, 0.25) is 0 Å². The number of hydrogen-bond donors (Lipinski definition) is 0. The summed E-state index contributed by atoms with van der Waals surface area (Å²) < 4.78 is 4.95. The van der Waals surface area contributed by atoms with Crippen molar-refractivity contribution in [1.29, 1.82) is 0 Å². The van der Waals surface area contributed by atoms with Gasteiger partial charge in [0.05, 0.1) is 7.11 Å². The summed E-state index contributed by atoms with van der Waals surface area (Å²) in [6, 6.07) is 3.67. The van der Waals surface area contributed by atoms with Crippen molar-refractivity contribution in [3.05, 3.63) is 27.1 Å². The first-order valence-electron chi connectivity index (χ1n) is 3.47. The quantitative estimate of drug-likeness (QED) is 0.531. The summed E-state index contributed by atoms with van der Waals surface area (Å²) >= 11 is 1.45. The van der Waals surface area contributed by atoms with E-state index in [0.717, 1.165) is 9.94 Å². The van der Waals surface area contributed by atoms with Crippen molar-refractivity contribution in [2.24, 2.45) is 0 Å². The van der Waals surface area contributed by atoms with Crippen molar-refractivity contribution < 1.29 is 9.66 Å². The monoisotopic (exact) mass is 187 g/mol. The van der Waals surface area contributed by atoms with Crippen LogP contribution in [-0.4, -0.2) is 18.6 Å². The van der Waals surface area contributed by atoms with Gasteiger partial charge in [-0.05, 0) is 12.1 Å². The van der Waals surface area contributed by atoms with Crippen LogP contribution < -0.4 is 4.74 Å². The third-order valence-corrected chi connectivity index (χ3v) is 2.49. The van der Waals surface area contributed by atoms with Gasteiger partial charge in [0.25, 0.3) is 0 Å². The molecule has 0 bridgehead atoms. The Morgan fingerprint density at radius 2 is 2.42 bits per heavy atom. The van der Waals surface area contributed by atoms with Gasteiger partial charge in [-0.15, -0.1) is 11.3 Å². The minimum absolute atomic E-state index is 0.0103. The van der Waals surface area contributed by atoms with Gasteiger partial charge in [-0.25, -0.2) is 0 Å². The highest BCUT2D eigenvalue weighted by Gasteiger charge is 2.03. The van der Waals surface area contributed by atoms with Gasteiger partial charge in [0.2, 0.25) is 6.54 Å². The molecule has 0 aliphatic carbocycles. The van der Waals surface area contributed by atoms with E-state index in [-0.39, 0.29) is 11.5 Å². The number of nitrogens with zero attached hydrogens (tertiary/aromatic N) is 1. The van der Waals surface area contributed by atoms with E-state index in [0.29, 0.717) is 6.42 Å². The lowest BCUT2D eigenvalue weighted by Gasteiger charge is -1.91. The predicted octanol–water partition coefficient (Wildman–Crippen LogP) is 1.58. The van der Waals surface area contributed by atoms with Gasteiger partial charge >= 0.3 is 0 Å². The molecule has 0 unspecified atom stereocenters. The summed E-state index contributed by atoms with van der Waals surface area (Å²) in [5, 5.41) is 10.8. The van der Waals surface area contributed by atoms with E-state index >= 15 is 0 Å². The number of nitro groups is 1. The summed E-state index contributed by atoms with van der Waals surface area (Å²) in [5.74, 6) is 0. The lowest BCUT2D eigenvalue weighted by atomic mass is 10.3. The summed E-state index contributed by atoms with van der Waals surface area (Å²) in [6.45, 7) is -0.0103. The topological polar surface area (TPSA) is 52.4 Å². The third-order valence-electron chi connectivity index (χ3n) is 1.38. The largest absolute Gasteiger partial charge is 0.487 e. The zero-order valence-corrected chi connectivity index (χ0v) is 7.47. The normalized spacial score (nSPS) is 9.75. The smallest absolute Gasteiger partial charge is 0.208 e. The minimum Gasteiger partial charge on any atom is -0.487 e. The molecule has 0 atom stereocenters. The van der Waals surface area contributed by atoms with Crippen LogP contribution in [0.25, 0.3) is 0 Å². The molecule has 4 nitrogen and oxygen atoms in total. The van der Waals surface area contributed by atoms with Gasteiger partial charge in [-0.1, -0.05) is 0 Å². The lowest BCUT2D eigenvalue weighted by molar-refractivity contribution is -0.479. The predicted molar refractivity (Wildman–Crippen MR) is 46.4 cm³/mol. The van der Waals surface area contributed by atoms with Gasteiger partial charge in [-0.3, -0.25) is 10.1 Å². The summed E-state index contributed by atoms with van der Waals surface area (Å²) in [7, 11) is 1.59. The highest BCUT2D eigenvalue weighted by molar-refractivity contribution is 7.13. The fourth-order valence-electron chi connectivity index (χ4n) is 0.804. The van der Waals surface area contributed by atoms with Crippen LogP contribution in [0.4, 0.5) is 0 Å². The molecule has 0 saturated carbocycles. The van der Waals surface area contributed by atoms with E-state index in [9.17, 15) is 10.1 Å². The van der Waals surface area contributed by atoms with E-state index in [4.69, 9.17) is 4.74 Å². The molecule has 0 radical (unpaired) electrons. The third kappa shape index (κ3) is 2.50. The fourth-order valence-corrected chi connectivity index (χ4v) is 1.61. The molecule has 5 heteroatoms. The van der Waals surface area contributed by atoms with Crippen LogP contribution >= 0.6 is 11.3 Å². The fraction of sp³-hybridized carbons (Fsp3) is 0.429. The number of rotatable bonds is 4. The zero-order valence-electron chi connectivity index (χ0n) is 6.65. The molecule has 0 spiro atoms. The molecule has 1 heterocycles. The second-order valence-electron chi connectivity index (χ2n) is 2.23. The second kappa shape index (κ2) is 4.06. The summed E-state index contributed by atoms with van der Waals surface area (Å²) in [4.78, 5) is 10.7. The lowest BCUT2D eigenvalue weighted by Crippen LogP contribution is -2.02. The van der Waals surface area contributed by atoms with E-state index in [1.807, 2.05) is 12.1 Å². The molecule has 0 aromatic carbocycles. The molecule has 0 aliphatic heterocycles. The maximum Gasteiger partial charge on any atom is 0.208 e. The van der Waals surface area contributed by atoms with Crippen LogP contribution in [-0.2, 0) is 6.42 Å². The Hall–Kier alpha value is -1.10. The zero-order chi connectivity index (χ0) is 8.97. The van der Waals surface area contributed by atoms with Crippen LogP contribution in [0.3, 0.4) is 0 Å². The number of ether oxygens (including phenoxy) is 1. The van der Waals surface area contributed by atoms with Crippen LogP contribution in [0.15, 0.2) is 12.1 Å². The number of hydrogen-bond acceptors (Lipinski definition) is 4. The van der Waals surface area contributed by atoms with Gasteiger partial charge < -0.3 is 4.74 Å². The maximum atomic E-state index is 10.0. The second-order valence-corrected chi connectivity index (χ2v) is 3.36. The Bertz CT molecular complexity index is 271. The Morgan fingerprint density at radius 1 is 1.67 bits per heavy atom. The first kappa shape index (κ1) is 8.99. The van der Waals surface area contributed by atoms with E-state index in [1.165, 1.54) is 11.3 Å². The number of methoxy groups -OCH3 is 1. The standard InChI is InChI=1S/C7H9NO3S/c1-11-7-3-2-6(12-7)4-5-8(9)10/h2-3H,4-5H2,1H3. The van der Waals surface area contributed by atoms with E-state index in [2.05, 4.69) is 0 Å². The Balaban J connectivity index is 2.47. The maximum absolute atomic E-state index is 10.0. The average Bonchev–Trinajstić information content (AvgIpc) is 2.48. The first-order valence-corrected chi connectivity index (χ1v) is 4.28. The van der Waals surface area contributed by atoms with Crippen LogP contribution in [0, 0.1) is 10.1 Å². The van der Waals surface area contributed by atoms with Gasteiger partial charge in [-0.2, -0.15) is 0 Å². The molecule has 1 rings (SSSR count). The van der Waals surface area contributed by atoms with Crippen molar-refractivity contribution in [3.8, 4) is 5.06 Å². The first-order chi connectivity index (χ1) is 5.72.